The second kappa shape index (κ2) is 6.37. The Morgan fingerprint density at radius 3 is 2.53 bits per heavy atom. The molecule has 1 rings (SSSR count). The van der Waals surface area contributed by atoms with Crippen LogP contribution >= 0.6 is 0 Å². The molecule has 1 unspecified atom stereocenters. The van der Waals surface area contributed by atoms with E-state index in [0.29, 0.717) is 19.5 Å². The van der Waals surface area contributed by atoms with Crippen molar-refractivity contribution in [3.63, 3.8) is 0 Å². The summed E-state index contributed by atoms with van der Waals surface area (Å²) in [6.07, 6.45) is 1.28. The van der Waals surface area contributed by atoms with E-state index in [2.05, 4.69) is 10.2 Å². The first-order valence-electron chi connectivity index (χ1n) is 6.94. The van der Waals surface area contributed by atoms with Crippen molar-refractivity contribution < 1.29 is 9.59 Å². The maximum atomic E-state index is 12.0. The monoisotopic (exact) mass is 269 g/mol. The molecule has 0 aliphatic carbocycles. The largest absolute Gasteiger partial charge is 0.356 e. The van der Waals surface area contributed by atoms with Crippen molar-refractivity contribution in [3.8, 4) is 0 Å². The van der Waals surface area contributed by atoms with Crippen LogP contribution in [0.4, 0.5) is 0 Å². The molecule has 0 aromatic rings. The Morgan fingerprint density at radius 2 is 2.05 bits per heavy atom. The first-order chi connectivity index (χ1) is 8.71. The molecule has 0 aromatic heterocycles. The summed E-state index contributed by atoms with van der Waals surface area (Å²) in [5.41, 5.74) is -0.197. The third-order valence-corrected chi connectivity index (χ3v) is 3.39. The molecule has 19 heavy (non-hydrogen) atoms. The van der Waals surface area contributed by atoms with Gasteiger partial charge in [0.1, 0.15) is 0 Å². The normalized spacial score (nSPS) is 20.2. The SMILES string of the molecule is CN(C)CCCNC(=O)C1CC(=O)N(C(C)(C)C)C1. The predicted octanol–water partition coefficient (Wildman–Crippen LogP) is 0.701. The minimum atomic E-state index is -0.197. The molecule has 1 heterocycles. The van der Waals surface area contributed by atoms with Crippen molar-refractivity contribution >= 4 is 11.8 Å². The first-order valence-corrected chi connectivity index (χ1v) is 6.94. The quantitative estimate of drug-likeness (QED) is 0.748. The summed E-state index contributed by atoms with van der Waals surface area (Å²) in [5.74, 6) is -0.0918. The highest BCUT2D eigenvalue weighted by atomic mass is 16.2. The summed E-state index contributed by atoms with van der Waals surface area (Å²) >= 11 is 0. The van der Waals surface area contributed by atoms with Crippen LogP contribution in [0.5, 0.6) is 0 Å². The standard InChI is InChI=1S/C14H27N3O2/c1-14(2,3)17-10-11(9-12(17)18)13(19)15-7-6-8-16(4)5/h11H,6-10H2,1-5H3,(H,15,19). The fourth-order valence-corrected chi connectivity index (χ4v) is 2.28. The molecule has 1 N–H and O–H groups in total. The van der Waals surface area contributed by atoms with Crippen LogP contribution in [-0.2, 0) is 9.59 Å². The summed E-state index contributed by atoms with van der Waals surface area (Å²) in [5, 5.41) is 2.93. The third-order valence-electron chi connectivity index (χ3n) is 3.39. The van der Waals surface area contributed by atoms with Gasteiger partial charge in [0.15, 0.2) is 0 Å². The van der Waals surface area contributed by atoms with Crippen LogP contribution in [-0.4, -0.2) is 60.9 Å². The second-order valence-electron chi connectivity index (χ2n) is 6.52. The van der Waals surface area contributed by atoms with Gasteiger partial charge in [-0.05, 0) is 47.8 Å². The van der Waals surface area contributed by atoms with Gasteiger partial charge >= 0.3 is 0 Å². The van der Waals surface area contributed by atoms with Crippen molar-refractivity contribution in [1.29, 1.82) is 0 Å². The molecule has 0 spiro atoms. The highest BCUT2D eigenvalue weighted by Gasteiger charge is 2.39. The Labute approximate surface area is 116 Å². The summed E-state index contributed by atoms with van der Waals surface area (Å²) in [4.78, 5) is 27.8. The van der Waals surface area contributed by atoms with Crippen LogP contribution in [0.3, 0.4) is 0 Å². The van der Waals surface area contributed by atoms with Crippen molar-refractivity contribution in [1.82, 2.24) is 15.1 Å². The number of nitrogens with one attached hydrogen (secondary N) is 1. The number of carbonyl (C=O) groups is 2. The number of likely N-dealkylation sites (tertiary alicyclic amines) is 1. The van der Waals surface area contributed by atoms with Crippen molar-refractivity contribution in [3.05, 3.63) is 0 Å². The minimum absolute atomic E-state index is 0.0128. The third kappa shape index (κ3) is 4.82. The van der Waals surface area contributed by atoms with E-state index in [-0.39, 0.29) is 23.3 Å². The summed E-state index contributed by atoms with van der Waals surface area (Å²) in [7, 11) is 4.03. The lowest BCUT2D eigenvalue weighted by Crippen LogP contribution is -2.43. The molecular formula is C14H27N3O2. The van der Waals surface area contributed by atoms with E-state index in [9.17, 15) is 9.59 Å². The fraction of sp³-hybridized carbons (Fsp3) is 0.857. The molecule has 1 saturated heterocycles. The van der Waals surface area contributed by atoms with Crippen LogP contribution in [0.1, 0.15) is 33.6 Å². The number of amides is 2. The molecule has 1 aliphatic heterocycles. The van der Waals surface area contributed by atoms with Crippen LogP contribution in [0.25, 0.3) is 0 Å². The maximum absolute atomic E-state index is 12.0. The zero-order valence-corrected chi connectivity index (χ0v) is 12.8. The highest BCUT2D eigenvalue weighted by molar-refractivity contribution is 5.89. The Kier molecular flexibility index (Phi) is 5.35. The van der Waals surface area contributed by atoms with E-state index in [1.165, 1.54) is 0 Å². The van der Waals surface area contributed by atoms with E-state index in [0.717, 1.165) is 13.0 Å². The molecule has 5 nitrogen and oxygen atoms in total. The van der Waals surface area contributed by atoms with E-state index < -0.39 is 0 Å². The molecule has 0 radical (unpaired) electrons. The summed E-state index contributed by atoms with van der Waals surface area (Å²) in [6, 6.07) is 0. The van der Waals surface area contributed by atoms with Gasteiger partial charge in [-0.3, -0.25) is 9.59 Å². The van der Waals surface area contributed by atoms with E-state index in [1.807, 2.05) is 34.9 Å². The van der Waals surface area contributed by atoms with E-state index in [1.54, 1.807) is 4.90 Å². The maximum Gasteiger partial charge on any atom is 0.225 e. The molecule has 0 aromatic carbocycles. The molecule has 0 bridgehead atoms. The second-order valence-corrected chi connectivity index (χ2v) is 6.52. The molecule has 0 saturated carbocycles. The zero-order valence-electron chi connectivity index (χ0n) is 12.8. The lowest BCUT2D eigenvalue weighted by atomic mass is 10.1. The molecular weight excluding hydrogens is 242 g/mol. The summed E-state index contributed by atoms with van der Waals surface area (Å²) < 4.78 is 0. The topological polar surface area (TPSA) is 52.7 Å². The average molecular weight is 269 g/mol. The number of hydrogen-bond donors (Lipinski definition) is 1. The molecule has 1 fully saturated rings. The van der Waals surface area contributed by atoms with Gasteiger partial charge < -0.3 is 15.1 Å². The van der Waals surface area contributed by atoms with Crippen LogP contribution in [0, 0.1) is 5.92 Å². The number of nitrogens with zero attached hydrogens (tertiary/aromatic N) is 2. The van der Waals surface area contributed by atoms with Gasteiger partial charge in [0, 0.05) is 25.0 Å². The molecule has 2 amide bonds. The average Bonchev–Trinajstić information content (AvgIpc) is 2.66. The van der Waals surface area contributed by atoms with Gasteiger partial charge in [0.05, 0.1) is 5.92 Å². The van der Waals surface area contributed by atoms with Gasteiger partial charge in [-0.25, -0.2) is 0 Å². The fourth-order valence-electron chi connectivity index (χ4n) is 2.28. The van der Waals surface area contributed by atoms with Gasteiger partial charge in [0.2, 0.25) is 11.8 Å². The lowest BCUT2D eigenvalue weighted by Gasteiger charge is -2.31. The van der Waals surface area contributed by atoms with Crippen LogP contribution in [0.15, 0.2) is 0 Å². The Hall–Kier alpha value is -1.10. The Balaban J connectivity index is 2.37. The molecule has 5 heteroatoms. The highest BCUT2D eigenvalue weighted by Crippen LogP contribution is 2.25. The Morgan fingerprint density at radius 1 is 1.42 bits per heavy atom. The van der Waals surface area contributed by atoms with Crippen LogP contribution in [0.2, 0.25) is 0 Å². The molecule has 1 atom stereocenters. The van der Waals surface area contributed by atoms with Gasteiger partial charge in [-0.1, -0.05) is 0 Å². The summed E-state index contributed by atoms with van der Waals surface area (Å²) in [6.45, 7) is 8.18. The molecule has 1 aliphatic rings. The first kappa shape index (κ1) is 16.0. The van der Waals surface area contributed by atoms with Crippen LogP contribution < -0.4 is 5.32 Å². The smallest absolute Gasteiger partial charge is 0.225 e. The predicted molar refractivity (Wildman–Crippen MR) is 75.8 cm³/mol. The van der Waals surface area contributed by atoms with E-state index in [4.69, 9.17) is 0 Å². The van der Waals surface area contributed by atoms with Crippen molar-refractivity contribution in [2.45, 2.75) is 39.2 Å². The van der Waals surface area contributed by atoms with Gasteiger partial charge in [0.25, 0.3) is 0 Å². The zero-order chi connectivity index (χ0) is 14.6. The minimum Gasteiger partial charge on any atom is -0.356 e. The van der Waals surface area contributed by atoms with Crippen molar-refractivity contribution in [2.24, 2.45) is 5.92 Å². The number of rotatable bonds is 5. The molecule has 110 valence electrons. The number of hydrogen-bond acceptors (Lipinski definition) is 3. The van der Waals surface area contributed by atoms with Gasteiger partial charge in [-0.15, -0.1) is 0 Å². The van der Waals surface area contributed by atoms with Gasteiger partial charge in [-0.2, -0.15) is 0 Å². The lowest BCUT2D eigenvalue weighted by molar-refractivity contribution is -0.132. The number of carbonyl (C=O) groups excluding carboxylic acids is 2. The van der Waals surface area contributed by atoms with E-state index >= 15 is 0 Å². The van der Waals surface area contributed by atoms with Crippen molar-refractivity contribution in [2.75, 3.05) is 33.7 Å². The Bertz CT molecular complexity index is 334.